The molecule has 0 saturated heterocycles. The first-order valence-corrected chi connectivity index (χ1v) is 5.37. The van der Waals surface area contributed by atoms with Crippen molar-refractivity contribution < 1.29 is 4.42 Å². The van der Waals surface area contributed by atoms with Crippen molar-refractivity contribution in [3.8, 4) is 10.6 Å². The summed E-state index contributed by atoms with van der Waals surface area (Å²) in [7, 11) is 0. The SMILES string of the molecule is Cc1ncsc1-c1occc1CCN. The van der Waals surface area contributed by atoms with Crippen molar-refractivity contribution in [1.82, 2.24) is 4.98 Å². The predicted octanol–water partition coefficient (Wildman–Crippen LogP) is 2.21. The summed E-state index contributed by atoms with van der Waals surface area (Å²) in [6.45, 7) is 2.63. The highest BCUT2D eigenvalue weighted by molar-refractivity contribution is 7.13. The number of aromatic nitrogens is 1. The van der Waals surface area contributed by atoms with Crippen molar-refractivity contribution >= 4 is 11.3 Å². The molecule has 0 aliphatic rings. The van der Waals surface area contributed by atoms with Gasteiger partial charge in [-0.2, -0.15) is 0 Å². The lowest BCUT2D eigenvalue weighted by atomic mass is 10.1. The fourth-order valence-corrected chi connectivity index (χ4v) is 2.23. The molecule has 2 heterocycles. The van der Waals surface area contributed by atoms with Crippen LogP contribution in [0.2, 0.25) is 0 Å². The summed E-state index contributed by atoms with van der Waals surface area (Å²) in [5, 5.41) is 0. The van der Waals surface area contributed by atoms with Crippen molar-refractivity contribution in [2.24, 2.45) is 5.73 Å². The highest BCUT2D eigenvalue weighted by Crippen LogP contribution is 2.30. The van der Waals surface area contributed by atoms with Crippen molar-refractivity contribution in [1.29, 1.82) is 0 Å². The maximum absolute atomic E-state index is 5.53. The maximum atomic E-state index is 5.53. The van der Waals surface area contributed by atoms with Gasteiger partial charge in [-0.25, -0.2) is 4.98 Å². The van der Waals surface area contributed by atoms with Crippen LogP contribution in [0.4, 0.5) is 0 Å². The van der Waals surface area contributed by atoms with Gasteiger partial charge in [-0.3, -0.25) is 0 Å². The first kappa shape index (κ1) is 9.43. The molecule has 0 atom stereocenters. The Morgan fingerprint density at radius 3 is 3.07 bits per heavy atom. The molecule has 0 fully saturated rings. The van der Waals surface area contributed by atoms with E-state index in [9.17, 15) is 0 Å². The first-order chi connectivity index (χ1) is 6.83. The standard InChI is InChI=1S/C10H12N2OS/c1-7-10(14-6-12-7)9-8(2-4-11)3-5-13-9/h3,5-6H,2,4,11H2,1H3. The summed E-state index contributed by atoms with van der Waals surface area (Å²) in [5.41, 5.74) is 9.54. The summed E-state index contributed by atoms with van der Waals surface area (Å²) in [5.74, 6) is 0.926. The first-order valence-electron chi connectivity index (χ1n) is 4.50. The Bertz CT molecular complexity index is 419. The molecule has 2 aromatic rings. The Morgan fingerprint density at radius 2 is 2.43 bits per heavy atom. The second-order valence-electron chi connectivity index (χ2n) is 3.08. The van der Waals surface area contributed by atoms with Gasteiger partial charge in [0.15, 0.2) is 0 Å². The number of nitrogens with two attached hydrogens (primary N) is 1. The molecule has 0 amide bonds. The molecule has 0 spiro atoms. The van der Waals surface area contributed by atoms with E-state index in [0.29, 0.717) is 6.54 Å². The Balaban J connectivity index is 2.41. The van der Waals surface area contributed by atoms with Crippen LogP contribution in [-0.2, 0) is 6.42 Å². The molecule has 0 unspecified atom stereocenters. The van der Waals surface area contributed by atoms with Crippen LogP contribution in [0.3, 0.4) is 0 Å². The zero-order chi connectivity index (χ0) is 9.97. The summed E-state index contributed by atoms with van der Waals surface area (Å²) >= 11 is 1.60. The minimum absolute atomic E-state index is 0.643. The van der Waals surface area contributed by atoms with Crippen LogP contribution in [0.5, 0.6) is 0 Å². The number of hydrogen-bond donors (Lipinski definition) is 1. The Labute approximate surface area is 86.6 Å². The second kappa shape index (κ2) is 3.94. The zero-order valence-corrected chi connectivity index (χ0v) is 8.80. The number of thiazole rings is 1. The average Bonchev–Trinajstić information content (AvgIpc) is 2.74. The van der Waals surface area contributed by atoms with Crippen molar-refractivity contribution in [2.45, 2.75) is 13.3 Å². The van der Waals surface area contributed by atoms with Gasteiger partial charge in [0.05, 0.1) is 22.3 Å². The Kier molecular flexibility index (Phi) is 2.65. The number of rotatable bonds is 3. The van der Waals surface area contributed by atoms with E-state index in [1.54, 1.807) is 17.6 Å². The van der Waals surface area contributed by atoms with Gasteiger partial charge >= 0.3 is 0 Å². The molecule has 0 aliphatic heterocycles. The van der Waals surface area contributed by atoms with E-state index in [1.165, 1.54) is 5.56 Å². The van der Waals surface area contributed by atoms with Crippen LogP contribution in [-0.4, -0.2) is 11.5 Å². The van der Waals surface area contributed by atoms with E-state index in [4.69, 9.17) is 10.2 Å². The third-order valence-electron chi connectivity index (χ3n) is 2.11. The minimum Gasteiger partial charge on any atom is -0.463 e. The third-order valence-corrected chi connectivity index (χ3v) is 3.04. The molecule has 0 bridgehead atoms. The maximum Gasteiger partial charge on any atom is 0.148 e. The van der Waals surface area contributed by atoms with Crippen LogP contribution in [0, 0.1) is 6.92 Å². The molecule has 2 rings (SSSR count). The summed E-state index contributed by atoms with van der Waals surface area (Å²) in [6, 6.07) is 1.97. The molecular formula is C10H12N2OS. The lowest BCUT2D eigenvalue weighted by Gasteiger charge is -1.98. The lowest BCUT2D eigenvalue weighted by molar-refractivity contribution is 0.580. The molecule has 4 heteroatoms. The van der Waals surface area contributed by atoms with E-state index >= 15 is 0 Å². The van der Waals surface area contributed by atoms with Crippen molar-refractivity contribution in [3.63, 3.8) is 0 Å². The zero-order valence-electron chi connectivity index (χ0n) is 7.99. The van der Waals surface area contributed by atoms with Crippen molar-refractivity contribution in [3.05, 3.63) is 29.1 Å². The van der Waals surface area contributed by atoms with Gasteiger partial charge < -0.3 is 10.2 Å². The molecule has 0 radical (unpaired) electrons. The monoisotopic (exact) mass is 208 g/mol. The number of nitrogens with zero attached hydrogens (tertiary/aromatic N) is 1. The molecule has 74 valence electrons. The molecule has 0 aliphatic carbocycles. The summed E-state index contributed by atoms with van der Waals surface area (Å²) in [6.07, 6.45) is 2.56. The van der Waals surface area contributed by atoms with Crippen LogP contribution in [0.15, 0.2) is 22.3 Å². The van der Waals surface area contributed by atoms with Gasteiger partial charge in [-0.1, -0.05) is 0 Å². The van der Waals surface area contributed by atoms with E-state index in [0.717, 1.165) is 22.8 Å². The second-order valence-corrected chi connectivity index (χ2v) is 3.94. The number of aryl methyl sites for hydroxylation is 1. The smallest absolute Gasteiger partial charge is 0.148 e. The molecule has 3 nitrogen and oxygen atoms in total. The van der Waals surface area contributed by atoms with Gasteiger partial charge in [-0.05, 0) is 26.0 Å². The van der Waals surface area contributed by atoms with Crippen LogP contribution in [0.25, 0.3) is 10.6 Å². The summed E-state index contributed by atoms with van der Waals surface area (Å²) < 4.78 is 5.46. The van der Waals surface area contributed by atoms with E-state index in [1.807, 2.05) is 18.5 Å². The summed E-state index contributed by atoms with van der Waals surface area (Å²) in [4.78, 5) is 5.31. The molecular weight excluding hydrogens is 196 g/mol. The number of hydrogen-bond acceptors (Lipinski definition) is 4. The van der Waals surface area contributed by atoms with E-state index in [2.05, 4.69) is 4.98 Å². The highest BCUT2D eigenvalue weighted by atomic mass is 32.1. The van der Waals surface area contributed by atoms with Gasteiger partial charge in [0.1, 0.15) is 5.76 Å². The normalized spacial score (nSPS) is 10.7. The topological polar surface area (TPSA) is 52.0 Å². The van der Waals surface area contributed by atoms with Gasteiger partial charge in [0.25, 0.3) is 0 Å². The Hall–Kier alpha value is -1.13. The highest BCUT2D eigenvalue weighted by Gasteiger charge is 2.12. The van der Waals surface area contributed by atoms with Gasteiger partial charge in [-0.15, -0.1) is 11.3 Å². The predicted molar refractivity (Wildman–Crippen MR) is 57.3 cm³/mol. The molecule has 0 aromatic carbocycles. The van der Waals surface area contributed by atoms with Crippen molar-refractivity contribution in [2.75, 3.05) is 6.54 Å². The molecule has 2 aromatic heterocycles. The number of furan rings is 1. The average molecular weight is 208 g/mol. The van der Waals surface area contributed by atoms with Crippen LogP contribution < -0.4 is 5.73 Å². The fourth-order valence-electron chi connectivity index (χ4n) is 1.41. The quantitative estimate of drug-likeness (QED) is 0.841. The molecule has 0 saturated carbocycles. The van der Waals surface area contributed by atoms with Gasteiger partial charge in [0, 0.05) is 5.56 Å². The van der Waals surface area contributed by atoms with Crippen LogP contribution >= 0.6 is 11.3 Å². The van der Waals surface area contributed by atoms with E-state index in [-0.39, 0.29) is 0 Å². The third kappa shape index (κ3) is 1.58. The minimum atomic E-state index is 0.643. The largest absolute Gasteiger partial charge is 0.463 e. The van der Waals surface area contributed by atoms with Crippen LogP contribution in [0.1, 0.15) is 11.3 Å². The molecule has 2 N–H and O–H groups in total. The van der Waals surface area contributed by atoms with E-state index < -0.39 is 0 Å². The van der Waals surface area contributed by atoms with Gasteiger partial charge in [0.2, 0.25) is 0 Å². The molecule has 14 heavy (non-hydrogen) atoms. The fraction of sp³-hybridized carbons (Fsp3) is 0.300. The Morgan fingerprint density at radius 1 is 1.57 bits per heavy atom. The lowest BCUT2D eigenvalue weighted by Crippen LogP contribution is -2.02.